The van der Waals surface area contributed by atoms with Gasteiger partial charge in [0.25, 0.3) is 0 Å². The number of carbonyl (C=O) groups is 1. The third-order valence-corrected chi connectivity index (χ3v) is 6.55. The molecule has 4 nitrogen and oxygen atoms in total. The molecule has 1 N–H and O–H groups in total. The Kier molecular flexibility index (Phi) is 6.52. The fraction of sp³-hybridized carbons (Fsp3) is 0.393. The predicted octanol–water partition coefficient (Wildman–Crippen LogP) is 6.14. The molecule has 0 aromatic heterocycles. The molecule has 168 valence electrons. The Hall–Kier alpha value is -2.85. The van der Waals surface area contributed by atoms with Gasteiger partial charge in [-0.1, -0.05) is 72.8 Å². The Labute approximate surface area is 191 Å². The Morgan fingerprint density at radius 2 is 1.69 bits per heavy atom. The van der Waals surface area contributed by atoms with Gasteiger partial charge in [-0.05, 0) is 49.9 Å². The summed E-state index contributed by atoms with van der Waals surface area (Å²) in [5, 5.41) is 5.81. The SMILES string of the molecule is C[C@@H](OC(=O)N(C[C@H]1CNC[C@@H]1c1ccccc1)C(C)(C)C)c1cccc2ccccc12. The first kappa shape index (κ1) is 22.3. The Morgan fingerprint density at radius 3 is 2.44 bits per heavy atom. The van der Waals surface area contributed by atoms with Crippen LogP contribution in [0.25, 0.3) is 10.8 Å². The number of benzene rings is 3. The van der Waals surface area contributed by atoms with Gasteiger partial charge < -0.3 is 15.0 Å². The Morgan fingerprint density at radius 1 is 1.00 bits per heavy atom. The topological polar surface area (TPSA) is 41.6 Å². The minimum absolute atomic E-state index is 0.253. The summed E-state index contributed by atoms with van der Waals surface area (Å²) in [5.41, 5.74) is 2.03. The second kappa shape index (κ2) is 9.33. The van der Waals surface area contributed by atoms with E-state index in [-0.39, 0.29) is 17.7 Å². The van der Waals surface area contributed by atoms with Crippen molar-refractivity contribution in [3.05, 3.63) is 83.9 Å². The van der Waals surface area contributed by atoms with Gasteiger partial charge in [0, 0.05) is 36.7 Å². The molecule has 0 radical (unpaired) electrons. The third-order valence-electron chi connectivity index (χ3n) is 6.55. The van der Waals surface area contributed by atoms with Crippen LogP contribution in [-0.2, 0) is 4.74 Å². The van der Waals surface area contributed by atoms with E-state index in [4.69, 9.17) is 4.74 Å². The summed E-state index contributed by atoms with van der Waals surface area (Å²) >= 11 is 0. The average Bonchev–Trinajstić information content (AvgIpc) is 3.25. The van der Waals surface area contributed by atoms with Gasteiger partial charge in [-0.2, -0.15) is 0 Å². The average molecular weight is 431 g/mol. The zero-order chi connectivity index (χ0) is 22.7. The summed E-state index contributed by atoms with van der Waals surface area (Å²) in [6.45, 7) is 10.7. The number of hydrogen-bond acceptors (Lipinski definition) is 3. The number of ether oxygens (including phenoxy) is 1. The molecule has 1 saturated heterocycles. The zero-order valence-electron chi connectivity index (χ0n) is 19.5. The van der Waals surface area contributed by atoms with Crippen molar-refractivity contribution in [3.8, 4) is 0 Å². The number of hydrogen-bond donors (Lipinski definition) is 1. The van der Waals surface area contributed by atoms with Gasteiger partial charge in [-0.3, -0.25) is 0 Å². The molecule has 1 aliphatic heterocycles. The van der Waals surface area contributed by atoms with E-state index >= 15 is 0 Å². The molecule has 1 fully saturated rings. The molecule has 4 heteroatoms. The van der Waals surface area contributed by atoms with E-state index in [2.05, 4.69) is 68.6 Å². The molecule has 0 aliphatic carbocycles. The van der Waals surface area contributed by atoms with Crippen LogP contribution in [0.3, 0.4) is 0 Å². The molecular weight excluding hydrogens is 396 g/mol. The molecule has 32 heavy (non-hydrogen) atoms. The van der Waals surface area contributed by atoms with E-state index in [0.29, 0.717) is 18.4 Å². The molecule has 1 aliphatic rings. The summed E-state index contributed by atoms with van der Waals surface area (Å²) in [7, 11) is 0. The van der Waals surface area contributed by atoms with Crippen LogP contribution in [0.1, 0.15) is 50.8 Å². The quantitative estimate of drug-likeness (QED) is 0.528. The van der Waals surface area contributed by atoms with Crippen LogP contribution < -0.4 is 5.32 Å². The fourth-order valence-corrected chi connectivity index (χ4v) is 4.76. The highest BCUT2D eigenvalue weighted by Crippen LogP contribution is 2.32. The van der Waals surface area contributed by atoms with Crippen LogP contribution in [0.4, 0.5) is 4.79 Å². The minimum atomic E-state index is -0.334. The van der Waals surface area contributed by atoms with E-state index in [1.165, 1.54) is 5.56 Å². The van der Waals surface area contributed by atoms with E-state index in [1.54, 1.807) is 0 Å². The van der Waals surface area contributed by atoms with Crippen molar-refractivity contribution in [1.29, 1.82) is 0 Å². The first-order valence-corrected chi connectivity index (χ1v) is 11.6. The molecule has 1 amide bonds. The van der Waals surface area contributed by atoms with Crippen LogP contribution in [0.5, 0.6) is 0 Å². The van der Waals surface area contributed by atoms with Gasteiger partial charge in [-0.15, -0.1) is 0 Å². The number of nitrogens with one attached hydrogen (secondary N) is 1. The number of rotatable bonds is 5. The molecule has 3 aromatic carbocycles. The maximum atomic E-state index is 13.4. The van der Waals surface area contributed by atoms with Crippen molar-refractivity contribution in [2.24, 2.45) is 5.92 Å². The molecule has 0 unspecified atom stereocenters. The number of nitrogens with zero attached hydrogens (tertiary/aromatic N) is 1. The molecule has 0 bridgehead atoms. The van der Waals surface area contributed by atoms with Crippen molar-refractivity contribution in [3.63, 3.8) is 0 Å². The van der Waals surface area contributed by atoms with Gasteiger partial charge in [0.05, 0.1) is 0 Å². The van der Waals surface area contributed by atoms with Crippen molar-refractivity contribution in [1.82, 2.24) is 10.2 Å². The highest BCUT2D eigenvalue weighted by molar-refractivity contribution is 5.86. The maximum absolute atomic E-state index is 13.4. The lowest BCUT2D eigenvalue weighted by molar-refractivity contribution is 0.0361. The molecule has 0 saturated carbocycles. The van der Waals surface area contributed by atoms with Crippen LogP contribution in [0.15, 0.2) is 72.8 Å². The number of fused-ring (bicyclic) bond motifs is 1. The normalized spacial score (nSPS) is 19.6. The van der Waals surface area contributed by atoms with Crippen molar-refractivity contribution >= 4 is 16.9 Å². The monoisotopic (exact) mass is 430 g/mol. The van der Waals surface area contributed by atoms with E-state index in [0.717, 1.165) is 29.4 Å². The van der Waals surface area contributed by atoms with Crippen LogP contribution in [-0.4, -0.2) is 36.2 Å². The standard InChI is InChI=1S/C28H34N2O2/c1-20(24-16-10-14-21-13-8-9-15-25(21)24)32-27(31)30(28(2,3)4)19-23-17-29-18-26(23)22-11-6-5-7-12-22/h5-16,20,23,26,29H,17-19H2,1-4H3/t20-,23-,26-/m1/s1. The summed E-state index contributed by atoms with van der Waals surface area (Å²) in [6, 6.07) is 25.0. The van der Waals surface area contributed by atoms with Gasteiger partial charge in [0.2, 0.25) is 0 Å². The smallest absolute Gasteiger partial charge is 0.410 e. The van der Waals surface area contributed by atoms with Crippen LogP contribution >= 0.6 is 0 Å². The molecule has 0 spiro atoms. The molecular formula is C28H34N2O2. The van der Waals surface area contributed by atoms with Gasteiger partial charge in [0.1, 0.15) is 6.10 Å². The highest BCUT2D eigenvalue weighted by atomic mass is 16.6. The first-order chi connectivity index (χ1) is 15.3. The van der Waals surface area contributed by atoms with Crippen molar-refractivity contribution in [2.45, 2.75) is 45.3 Å². The van der Waals surface area contributed by atoms with Gasteiger partial charge >= 0.3 is 6.09 Å². The summed E-state index contributed by atoms with van der Waals surface area (Å²) in [5.74, 6) is 0.737. The highest BCUT2D eigenvalue weighted by Gasteiger charge is 2.36. The second-order valence-electron chi connectivity index (χ2n) is 9.81. The lowest BCUT2D eigenvalue weighted by Gasteiger charge is -2.38. The van der Waals surface area contributed by atoms with Gasteiger partial charge in [0.15, 0.2) is 0 Å². The minimum Gasteiger partial charge on any atom is -0.441 e. The summed E-state index contributed by atoms with van der Waals surface area (Å²) < 4.78 is 6.05. The maximum Gasteiger partial charge on any atom is 0.410 e. The van der Waals surface area contributed by atoms with Gasteiger partial charge in [-0.25, -0.2) is 4.79 Å². The van der Waals surface area contributed by atoms with Crippen LogP contribution in [0, 0.1) is 5.92 Å². The lowest BCUT2D eigenvalue weighted by Crippen LogP contribution is -2.49. The Bertz CT molecular complexity index is 1050. The van der Waals surface area contributed by atoms with E-state index < -0.39 is 0 Å². The predicted molar refractivity (Wildman–Crippen MR) is 131 cm³/mol. The third kappa shape index (κ3) is 4.81. The second-order valence-corrected chi connectivity index (χ2v) is 9.81. The molecule has 4 rings (SSSR count). The van der Waals surface area contributed by atoms with Crippen molar-refractivity contribution in [2.75, 3.05) is 19.6 Å². The summed E-state index contributed by atoms with van der Waals surface area (Å²) in [4.78, 5) is 15.3. The number of amides is 1. The number of carbonyl (C=O) groups excluding carboxylic acids is 1. The van der Waals surface area contributed by atoms with E-state index in [1.807, 2.05) is 42.2 Å². The lowest BCUT2D eigenvalue weighted by atomic mass is 9.88. The Balaban J connectivity index is 1.52. The van der Waals surface area contributed by atoms with E-state index in [9.17, 15) is 4.79 Å². The molecule has 3 aromatic rings. The molecule has 3 atom stereocenters. The summed E-state index contributed by atoms with van der Waals surface area (Å²) in [6.07, 6.45) is -0.582. The van der Waals surface area contributed by atoms with Crippen molar-refractivity contribution < 1.29 is 9.53 Å². The fourth-order valence-electron chi connectivity index (χ4n) is 4.76. The zero-order valence-corrected chi connectivity index (χ0v) is 19.5. The molecule has 1 heterocycles. The van der Waals surface area contributed by atoms with Crippen LogP contribution in [0.2, 0.25) is 0 Å². The largest absolute Gasteiger partial charge is 0.441 e. The first-order valence-electron chi connectivity index (χ1n) is 11.6.